The second-order valence-electron chi connectivity index (χ2n) is 4.80. The van der Waals surface area contributed by atoms with Gasteiger partial charge in [0.25, 0.3) is 0 Å². The highest BCUT2D eigenvalue weighted by Crippen LogP contribution is 2.07. The van der Waals surface area contributed by atoms with Crippen molar-refractivity contribution in [2.75, 3.05) is 33.2 Å². The molecule has 1 N–H and O–H groups in total. The highest BCUT2D eigenvalue weighted by atomic mass is 16.2. The number of piperazine rings is 1. The van der Waals surface area contributed by atoms with E-state index >= 15 is 0 Å². The topological polar surface area (TPSA) is 52.7 Å². The Balaban J connectivity index is 2.45. The predicted molar refractivity (Wildman–Crippen MR) is 71.2 cm³/mol. The molecule has 1 aliphatic rings. The maximum absolute atomic E-state index is 12.0. The van der Waals surface area contributed by atoms with E-state index in [2.05, 4.69) is 12.2 Å². The van der Waals surface area contributed by atoms with Crippen molar-refractivity contribution in [2.24, 2.45) is 0 Å². The van der Waals surface area contributed by atoms with Gasteiger partial charge in [-0.3, -0.25) is 9.59 Å². The van der Waals surface area contributed by atoms with Crippen LogP contribution in [0.4, 0.5) is 0 Å². The molecule has 1 heterocycles. The average molecular weight is 255 g/mol. The zero-order valence-electron chi connectivity index (χ0n) is 11.7. The summed E-state index contributed by atoms with van der Waals surface area (Å²) in [7, 11) is 1.81. The molecule has 5 nitrogen and oxygen atoms in total. The molecule has 0 radical (unpaired) electrons. The van der Waals surface area contributed by atoms with Gasteiger partial charge in [0.1, 0.15) is 0 Å². The van der Waals surface area contributed by atoms with Crippen molar-refractivity contribution in [3.05, 3.63) is 0 Å². The summed E-state index contributed by atoms with van der Waals surface area (Å²) in [5.74, 6) is 0.105. The maximum Gasteiger partial charge on any atom is 0.240 e. The lowest BCUT2D eigenvalue weighted by Gasteiger charge is -2.32. The van der Waals surface area contributed by atoms with E-state index < -0.39 is 0 Å². The number of nitrogens with one attached hydrogen (secondary N) is 1. The molecular weight excluding hydrogens is 230 g/mol. The summed E-state index contributed by atoms with van der Waals surface area (Å²) in [6, 6.07) is -0.338. The molecule has 1 atom stereocenters. The van der Waals surface area contributed by atoms with Gasteiger partial charge < -0.3 is 15.1 Å². The summed E-state index contributed by atoms with van der Waals surface area (Å²) in [5, 5.41) is 3.14. The molecule has 2 amide bonds. The molecule has 1 aliphatic heterocycles. The second-order valence-corrected chi connectivity index (χ2v) is 4.80. The van der Waals surface area contributed by atoms with Crippen LogP contribution < -0.4 is 5.32 Å². The minimum absolute atomic E-state index is 0.0484. The van der Waals surface area contributed by atoms with E-state index in [1.807, 2.05) is 14.0 Å². The fraction of sp³-hybridized carbons (Fsp3) is 0.846. The zero-order valence-corrected chi connectivity index (χ0v) is 11.7. The number of hydrogen-bond donors (Lipinski definition) is 1. The number of hydrogen-bond acceptors (Lipinski definition) is 3. The number of rotatable bonds is 6. The molecule has 1 fully saturated rings. The summed E-state index contributed by atoms with van der Waals surface area (Å²) < 4.78 is 0. The monoisotopic (exact) mass is 255 g/mol. The van der Waals surface area contributed by atoms with Gasteiger partial charge in [-0.2, -0.15) is 0 Å². The molecule has 1 unspecified atom stereocenters. The molecule has 5 heteroatoms. The molecule has 18 heavy (non-hydrogen) atoms. The molecule has 0 aromatic carbocycles. The van der Waals surface area contributed by atoms with Crippen LogP contribution in [0.2, 0.25) is 0 Å². The third kappa shape index (κ3) is 3.98. The first kappa shape index (κ1) is 15.0. The molecule has 1 rings (SSSR count). The summed E-state index contributed by atoms with van der Waals surface area (Å²) >= 11 is 0. The van der Waals surface area contributed by atoms with Crippen molar-refractivity contribution in [2.45, 2.75) is 39.2 Å². The quantitative estimate of drug-likeness (QED) is 0.750. The first-order valence-corrected chi connectivity index (χ1v) is 6.86. The molecule has 0 aromatic rings. The van der Waals surface area contributed by atoms with Gasteiger partial charge in [0, 0.05) is 33.2 Å². The third-order valence-electron chi connectivity index (χ3n) is 3.42. The van der Waals surface area contributed by atoms with Crippen molar-refractivity contribution in [1.82, 2.24) is 15.1 Å². The Kier molecular flexibility index (Phi) is 6.12. The maximum atomic E-state index is 12.0. The van der Waals surface area contributed by atoms with Crippen LogP contribution in [0.15, 0.2) is 0 Å². The Labute approximate surface area is 110 Å². The lowest BCUT2D eigenvalue weighted by atomic mass is 10.1. The summed E-state index contributed by atoms with van der Waals surface area (Å²) in [5.41, 5.74) is 0. The highest BCUT2D eigenvalue weighted by molar-refractivity contribution is 5.88. The van der Waals surface area contributed by atoms with Gasteiger partial charge in [0.2, 0.25) is 11.8 Å². The number of amides is 2. The van der Waals surface area contributed by atoms with E-state index in [9.17, 15) is 9.59 Å². The standard InChI is InChI=1S/C13H25N3O2/c1-4-6-8-15(3)12(17)10-11-13(18)16(5-2)9-7-14-11/h11,14H,4-10H2,1-3H3. The van der Waals surface area contributed by atoms with Crippen LogP contribution >= 0.6 is 0 Å². The zero-order chi connectivity index (χ0) is 13.5. The predicted octanol–water partition coefficient (Wildman–Crippen LogP) is 0.455. The first-order valence-electron chi connectivity index (χ1n) is 6.86. The van der Waals surface area contributed by atoms with Crippen LogP contribution in [0.5, 0.6) is 0 Å². The van der Waals surface area contributed by atoms with Crippen molar-refractivity contribution < 1.29 is 9.59 Å². The Morgan fingerprint density at radius 3 is 2.83 bits per heavy atom. The van der Waals surface area contributed by atoms with Crippen LogP contribution in [0.3, 0.4) is 0 Å². The summed E-state index contributed by atoms with van der Waals surface area (Å²) in [6.45, 7) is 7.08. The number of nitrogens with zero attached hydrogens (tertiary/aromatic N) is 2. The highest BCUT2D eigenvalue weighted by Gasteiger charge is 2.29. The normalized spacial score (nSPS) is 20.1. The first-order chi connectivity index (χ1) is 8.60. The fourth-order valence-electron chi connectivity index (χ4n) is 2.12. The smallest absolute Gasteiger partial charge is 0.240 e. The lowest BCUT2D eigenvalue weighted by Crippen LogP contribution is -2.56. The number of unbranched alkanes of at least 4 members (excludes halogenated alkanes) is 1. The number of carbonyl (C=O) groups is 2. The van der Waals surface area contributed by atoms with Gasteiger partial charge >= 0.3 is 0 Å². The minimum atomic E-state index is -0.338. The Morgan fingerprint density at radius 1 is 1.50 bits per heavy atom. The van der Waals surface area contributed by atoms with E-state index in [0.29, 0.717) is 0 Å². The molecular formula is C13H25N3O2. The van der Waals surface area contributed by atoms with Crippen molar-refractivity contribution in [3.8, 4) is 0 Å². The van der Waals surface area contributed by atoms with Gasteiger partial charge in [0.15, 0.2) is 0 Å². The average Bonchev–Trinajstić information content (AvgIpc) is 2.38. The fourth-order valence-corrected chi connectivity index (χ4v) is 2.12. The Hall–Kier alpha value is -1.10. The largest absolute Gasteiger partial charge is 0.346 e. The lowest BCUT2D eigenvalue weighted by molar-refractivity contribution is -0.140. The summed E-state index contributed by atoms with van der Waals surface area (Å²) in [4.78, 5) is 27.5. The van der Waals surface area contributed by atoms with Crippen molar-refractivity contribution in [1.29, 1.82) is 0 Å². The van der Waals surface area contributed by atoms with E-state index in [4.69, 9.17) is 0 Å². The molecule has 0 aromatic heterocycles. The molecule has 0 bridgehead atoms. The van der Waals surface area contributed by atoms with Crippen LogP contribution in [-0.4, -0.2) is 60.9 Å². The van der Waals surface area contributed by atoms with Crippen molar-refractivity contribution in [3.63, 3.8) is 0 Å². The third-order valence-corrected chi connectivity index (χ3v) is 3.42. The Morgan fingerprint density at radius 2 is 2.22 bits per heavy atom. The Bertz CT molecular complexity index is 294. The molecule has 0 aliphatic carbocycles. The van der Waals surface area contributed by atoms with Crippen LogP contribution in [0, 0.1) is 0 Å². The molecule has 0 spiro atoms. The molecule has 0 saturated carbocycles. The van der Waals surface area contributed by atoms with E-state index in [-0.39, 0.29) is 24.3 Å². The van der Waals surface area contributed by atoms with Crippen LogP contribution in [0.1, 0.15) is 33.1 Å². The number of likely N-dealkylation sites (N-methyl/N-ethyl adjacent to an activating group) is 1. The summed E-state index contributed by atoms with van der Waals surface area (Å²) in [6.07, 6.45) is 2.35. The van der Waals surface area contributed by atoms with Crippen molar-refractivity contribution >= 4 is 11.8 Å². The van der Waals surface area contributed by atoms with Gasteiger partial charge in [-0.05, 0) is 13.3 Å². The van der Waals surface area contributed by atoms with Crippen LogP contribution in [0.25, 0.3) is 0 Å². The number of carbonyl (C=O) groups excluding carboxylic acids is 2. The molecule has 1 saturated heterocycles. The minimum Gasteiger partial charge on any atom is -0.346 e. The molecule has 104 valence electrons. The van der Waals surface area contributed by atoms with Gasteiger partial charge in [0.05, 0.1) is 12.5 Å². The van der Waals surface area contributed by atoms with Gasteiger partial charge in [-0.1, -0.05) is 13.3 Å². The van der Waals surface area contributed by atoms with E-state index in [0.717, 1.165) is 39.0 Å². The van der Waals surface area contributed by atoms with E-state index in [1.165, 1.54) is 0 Å². The van der Waals surface area contributed by atoms with Gasteiger partial charge in [-0.25, -0.2) is 0 Å². The second kappa shape index (κ2) is 7.36. The van der Waals surface area contributed by atoms with Gasteiger partial charge in [-0.15, -0.1) is 0 Å². The SMILES string of the molecule is CCCCN(C)C(=O)CC1NCCN(CC)C1=O. The van der Waals surface area contributed by atoms with Crippen LogP contribution in [-0.2, 0) is 9.59 Å². The van der Waals surface area contributed by atoms with E-state index in [1.54, 1.807) is 9.80 Å².